The summed E-state index contributed by atoms with van der Waals surface area (Å²) in [6.07, 6.45) is 1.63. The monoisotopic (exact) mass is 341 g/mol. The number of nitrogens with zero attached hydrogens (tertiary/aromatic N) is 3. The van der Waals surface area contributed by atoms with Crippen LogP contribution < -0.4 is 0 Å². The third kappa shape index (κ3) is 2.57. The van der Waals surface area contributed by atoms with Crippen molar-refractivity contribution in [3.05, 3.63) is 14.5 Å². The zero-order valence-corrected chi connectivity index (χ0v) is 9.64. The summed E-state index contributed by atoms with van der Waals surface area (Å²) in [5.74, 6) is 0. The molecule has 1 aromatic rings. The maximum absolute atomic E-state index is 8.36. The van der Waals surface area contributed by atoms with Gasteiger partial charge in [0, 0.05) is 40.5 Å². The van der Waals surface area contributed by atoms with Gasteiger partial charge < -0.3 is 0 Å². The van der Waals surface area contributed by atoms with E-state index in [1.54, 1.807) is 6.20 Å². The van der Waals surface area contributed by atoms with Crippen LogP contribution in [0, 0.1) is 14.5 Å². The largest absolute Gasteiger partial charge is 0.230 e. The molecule has 0 bridgehead atoms. The highest BCUT2D eigenvalue weighted by atomic mass is 127. The minimum atomic E-state index is 0.642. The number of halogens is 2. The van der Waals surface area contributed by atoms with Crippen LogP contribution in [-0.4, -0.2) is 9.97 Å². The predicted octanol–water partition coefficient (Wildman–Crippen LogP) is 2.42. The fourth-order valence-electron chi connectivity index (χ4n) is 0.446. The van der Waals surface area contributed by atoms with Crippen molar-refractivity contribution < 1.29 is 0 Å². The number of aromatic nitrogens is 2. The van der Waals surface area contributed by atoms with Crippen LogP contribution in [0.3, 0.4) is 0 Å². The number of rotatable bonds is 1. The second kappa shape index (κ2) is 4.23. The SMILES string of the molecule is N#CSc1nc(I)ncc1Br. The van der Waals surface area contributed by atoms with Gasteiger partial charge in [-0.2, -0.15) is 5.26 Å². The van der Waals surface area contributed by atoms with Crippen LogP contribution in [0.15, 0.2) is 15.7 Å². The van der Waals surface area contributed by atoms with E-state index in [2.05, 4.69) is 25.9 Å². The van der Waals surface area contributed by atoms with Crippen LogP contribution >= 0.6 is 50.3 Å². The molecular weight excluding hydrogens is 341 g/mol. The van der Waals surface area contributed by atoms with E-state index in [0.717, 1.165) is 16.2 Å². The number of hydrogen-bond acceptors (Lipinski definition) is 4. The molecule has 0 spiro atoms. The molecule has 0 aliphatic carbocycles. The Hall–Kier alpha value is 0.130. The van der Waals surface area contributed by atoms with E-state index in [9.17, 15) is 0 Å². The van der Waals surface area contributed by atoms with Crippen molar-refractivity contribution in [3.8, 4) is 5.40 Å². The molecule has 1 rings (SSSR count). The molecule has 0 atom stereocenters. The minimum absolute atomic E-state index is 0.642. The minimum Gasteiger partial charge on any atom is -0.230 e. The average Bonchev–Trinajstić information content (AvgIpc) is 1.98. The Balaban J connectivity index is 3.05. The standard InChI is InChI=1S/C5HBrIN3S/c6-3-1-9-5(7)10-4(3)11-2-8/h1H. The summed E-state index contributed by atoms with van der Waals surface area (Å²) < 4.78 is 1.40. The topological polar surface area (TPSA) is 49.6 Å². The lowest BCUT2D eigenvalue weighted by Gasteiger charge is -1.95. The molecule has 0 fully saturated rings. The fraction of sp³-hybridized carbons (Fsp3) is 0. The first-order chi connectivity index (χ1) is 5.24. The molecule has 56 valence electrons. The molecule has 0 N–H and O–H groups in total. The number of nitriles is 1. The summed E-state index contributed by atoms with van der Waals surface area (Å²) >= 11 is 6.25. The van der Waals surface area contributed by atoms with Crippen molar-refractivity contribution in [2.45, 2.75) is 5.03 Å². The highest BCUT2D eigenvalue weighted by Gasteiger charge is 2.02. The van der Waals surface area contributed by atoms with Crippen LogP contribution in [0.1, 0.15) is 0 Å². The quantitative estimate of drug-likeness (QED) is 0.259. The summed E-state index contributed by atoms with van der Waals surface area (Å²) in [6.45, 7) is 0. The molecular formula is C5HBrIN3S. The van der Waals surface area contributed by atoms with Crippen LogP contribution in [0.25, 0.3) is 0 Å². The Morgan fingerprint density at radius 3 is 3.09 bits per heavy atom. The molecule has 0 aliphatic rings. The summed E-state index contributed by atoms with van der Waals surface area (Å²) in [6, 6.07) is 0. The van der Waals surface area contributed by atoms with Gasteiger partial charge in [-0.25, -0.2) is 9.97 Å². The third-order valence-electron chi connectivity index (χ3n) is 0.825. The third-order valence-corrected chi connectivity index (χ3v) is 2.78. The number of thiocyanates is 1. The van der Waals surface area contributed by atoms with Gasteiger partial charge in [-0.3, -0.25) is 0 Å². The van der Waals surface area contributed by atoms with Crippen molar-refractivity contribution in [1.82, 2.24) is 9.97 Å². The van der Waals surface area contributed by atoms with Gasteiger partial charge in [0.25, 0.3) is 0 Å². The van der Waals surface area contributed by atoms with Gasteiger partial charge in [0.15, 0.2) is 3.83 Å². The van der Waals surface area contributed by atoms with E-state index in [1.807, 2.05) is 28.0 Å². The van der Waals surface area contributed by atoms with Gasteiger partial charge in [0.1, 0.15) is 10.4 Å². The van der Waals surface area contributed by atoms with E-state index in [1.165, 1.54) is 0 Å². The molecule has 1 heterocycles. The molecule has 0 radical (unpaired) electrons. The lowest BCUT2D eigenvalue weighted by Crippen LogP contribution is -1.88. The summed E-state index contributed by atoms with van der Waals surface area (Å²) in [5, 5.41) is 11.0. The first kappa shape index (κ1) is 9.22. The predicted molar refractivity (Wildman–Crippen MR) is 53.9 cm³/mol. The second-order valence-corrected chi connectivity index (χ2v) is 4.08. The van der Waals surface area contributed by atoms with Crippen LogP contribution in [0.5, 0.6) is 0 Å². The van der Waals surface area contributed by atoms with Gasteiger partial charge in [-0.15, -0.1) is 0 Å². The molecule has 0 unspecified atom stereocenters. The van der Waals surface area contributed by atoms with Crippen LogP contribution in [0.4, 0.5) is 0 Å². The Bertz CT molecular complexity index is 311. The highest BCUT2D eigenvalue weighted by Crippen LogP contribution is 2.23. The smallest absolute Gasteiger partial charge is 0.191 e. The molecule has 0 saturated carbocycles. The van der Waals surface area contributed by atoms with E-state index in [4.69, 9.17) is 5.26 Å². The Kier molecular flexibility index (Phi) is 3.54. The summed E-state index contributed by atoms with van der Waals surface area (Å²) in [7, 11) is 0. The van der Waals surface area contributed by atoms with E-state index < -0.39 is 0 Å². The van der Waals surface area contributed by atoms with Crippen molar-refractivity contribution in [2.24, 2.45) is 0 Å². The lowest BCUT2D eigenvalue weighted by atomic mass is 10.7. The maximum Gasteiger partial charge on any atom is 0.191 e. The second-order valence-electron chi connectivity index (χ2n) is 1.49. The summed E-state index contributed by atoms with van der Waals surface area (Å²) in [4.78, 5) is 7.96. The Morgan fingerprint density at radius 2 is 2.45 bits per heavy atom. The van der Waals surface area contributed by atoms with Crippen molar-refractivity contribution in [1.29, 1.82) is 5.26 Å². The van der Waals surface area contributed by atoms with Gasteiger partial charge in [0.05, 0.1) is 4.47 Å². The molecule has 1 aromatic heterocycles. The normalized spacial score (nSPS) is 9.18. The number of thioether (sulfide) groups is 1. The summed E-state index contributed by atoms with van der Waals surface area (Å²) in [5.41, 5.74) is 0. The fourth-order valence-corrected chi connectivity index (χ4v) is 1.79. The van der Waals surface area contributed by atoms with E-state index in [-0.39, 0.29) is 0 Å². The molecule has 6 heteroatoms. The molecule has 0 aliphatic heterocycles. The zero-order valence-electron chi connectivity index (χ0n) is 5.08. The molecule has 11 heavy (non-hydrogen) atoms. The lowest BCUT2D eigenvalue weighted by molar-refractivity contribution is 0.985. The van der Waals surface area contributed by atoms with Crippen molar-refractivity contribution >= 4 is 50.3 Å². The maximum atomic E-state index is 8.36. The van der Waals surface area contributed by atoms with Gasteiger partial charge >= 0.3 is 0 Å². The first-order valence-electron chi connectivity index (χ1n) is 2.48. The van der Waals surface area contributed by atoms with Gasteiger partial charge in [-0.05, 0) is 15.9 Å². The zero-order chi connectivity index (χ0) is 8.27. The van der Waals surface area contributed by atoms with Crippen molar-refractivity contribution in [2.75, 3.05) is 0 Å². The Labute approximate surface area is 89.9 Å². The van der Waals surface area contributed by atoms with Crippen LogP contribution in [-0.2, 0) is 0 Å². The van der Waals surface area contributed by atoms with Crippen molar-refractivity contribution in [3.63, 3.8) is 0 Å². The number of hydrogen-bond donors (Lipinski definition) is 0. The molecule has 0 saturated heterocycles. The van der Waals surface area contributed by atoms with E-state index >= 15 is 0 Å². The van der Waals surface area contributed by atoms with E-state index in [0.29, 0.717) is 8.86 Å². The molecule has 3 nitrogen and oxygen atoms in total. The average molecular weight is 342 g/mol. The molecule has 0 aromatic carbocycles. The van der Waals surface area contributed by atoms with Gasteiger partial charge in [0.2, 0.25) is 0 Å². The van der Waals surface area contributed by atoms with Crippen LogP contribution in [0.2, 0.25) is 0 Å². The van der Waals surface area contributed by atoms with Gasteiger partial charge in [-0.1, -0.05) is 0 Å². The Morgan fingerprint density at radius 1 is 1.73 bits per heavy atom. The first-order valence-corrected chi connectivity index (χ1v) is 5.17. The highest BCUT2D eigenvalue weighted by molar-refractivity contribution is 14.1. The molecule has 0 amide bonds.